The molecule has 4 aromatic carbocycles. The van der Waals surface area contributed by atoms with Crippen LogP contribution >= 0.6 is 0 Å². The fourth-order valence-corrected chi connectivity index (χ4v) is 5.39. The molecule has 0 radical (unpaired) electrons. The van der Waals surface area contributed by atoms with Crippen molar-refractivity contribution in [1.82, 2.24) is 5.32 Å². The van der Waals surface area contributed by atoms with Gasteiger partial charge >= 0.3 is 5.97 Å². The minimum Gasteiger partial charge on any atom is -0.480 e. The van der Waals surface area contributed by atoms with E-state index in [1.807, 2.05) is 91.9 Å². The minimum absolute atomic E-state index is 0.388. The van der Waals surface area contributed by atoms with Gasteiger partial charge in [-0.15, -0.1) is 0 Å². The summed E-state index contributed by atoms with van der Waals surface area (Å²) in [6, 6.07) is 35.0. The molecule has 1 aliphatic rings. The van der Waals surface area contributed by atoms with Crippen LogP contribution in [0.2, 0.25) is 0 Å². The average Bonchev–Trinajstić information content (AvgIpc) is 3.18. The Balaban J connectivity index is 1.61. The van der Waals surface area contributed by atoms with Crippen molar-refractivity contribution >= 4 is 5.97 Å². The second kappa shape index (κ2) is 9.49. The van der Waals surface area contributed by atoms with E-state index in [0.717, 1.165) is 33.4 Å². The van der Waals surface area contributed by atoms with Gasteiger partial charge in [0.1, 0.15) is 6.04 Å². The maximum atomic E-state index is 12.7. The first-order valence-electron chi connectivity index (χ1n) is 12.0. The maximum absolute atomic E-state index is 12.7. The molecule has 0 spiro atoms. The van der Waals surface area contributed by atoms with Crippen molar-refractivity contribution < 1.29 is 15.0 Å². The highest BCUT2D eigenvalue weighted by Gasteiger charge is 2.48. The van der Waals surface area contributed by atoms with Crippen LogP contribution < -0.4 is 5.32 Å². The zero-order valence-electron chi connectivity index (χ0n) is 19.6. The Hall–Kier alpha value is -3.73. The first-order chi connectivity index (χ1) is 17.0. The topological polar surface area (TPSA) is 69.6 Å². The van der Waals surface area contributed by atoms with Gasteiger partial charge in [-0.2, -0.15) is 0 Å². The number of carboxylic acid groups (broad SMARTS) is 1. The second-order valence-electron chi connectivity index (χ2n) is 9.28. The van der Waals surface area contributed by atoms with Gasteiger partial charge in [0.2, 0.25) is 0 Å². The Morgan fingerprint density at radius 1 is 0.771 bits per heavy atom. The van der Waals surface area contributed by atoms with Crippen LogP contribution in [0.3, 0.4) is 0 Å². The van der Waals surface area contributed by atoms with E-state index >= 15 is 0 Å². The summed E-state index contributed by atoms with van der Waals surface area (Å²) in [4.78, 5) is 12.7. The van der Waals surface area contributed by atoms with Gasteiger partial charge in [-0.1, -0.05) is 116 Å². The molecular weight excluding hydrogens is 434 g/mol. The lowest BCUT2D eigenvalue weighted by atomic mass is 9.78. The summed E-state index contributed by atoms with van der Waals surface area (Å²) in [7, 11) is 0. The number of rotatable bonds is 8. The Bertz CT molecular complexity index is 1270. The number of carbonyl (C=O) groups is 1. The Kier molecular flexibility index (Phi) is 6.25. The van der Waals surface area contributed by atoms with E-state index in [1.54, 1.807) is 0 Å². The first kappa shape index (κ1) is 23.0. The molecule has 0 saturated carbocycles. The Morgan fingerprint density at radius 2 is 1.26 bits per heavy atom. The lowest BCUT2D eigenvalue weighted by molar-refractivity contribution is -0.142. The van der Waals surface area contributed by atoms with E-state index in [-0.39, 0.29) is 0 Å². The molecule has 4 aromatic rings. The van der Waals surface area contributed by atoms with Crippen molar-refractivity contribution in [1.29, 1.82) is 0 Å². The summed E-state index contributed by atoms with van der Waals surface area (Å²) < 4.78 is 0. The molecule has 3 atom stereocenters. The number of benzene rings is 4. The summed E-state index contributed by atoms with van der Waals surface area (Å²) >= 11 is 0. The van der Waals surface area contributed by atoms with Gasteiger partial charge in [0, 0.05) is 5.92 Å². The minimum atomic E-state index is -0.992. The number of carboxylic acids is 1. The van der Waals surface area contributed by atoms with Crippen LogP contribution in [0, 0.1) is 5.92 Å². The highest BCUT2D eigenvalue weighted by Crippen LogP contribution is 2.51. The zero-order chi connectivity index (χ0) is 24.4. The standard InChI is InChI=1S/C31H29NO3/c1-21(28(33)20-22-12-4-2-5-13-22)29(30(34)35)32-31(23-14-6-3-7-15-23)26-18-10-8-16-24(26)25-17-9-11-19-27(25)31/h2-19,21,28-29,32-33H,20H2,1H3,(H,34,35)/t21-,28?,29+/m1/s1. The molecule has 0 aliphatic heterocycles. The van der Waals surface area contributed by atoms with Crippen molar-refractivity contribution in [3.05, 3.63) is 131 Å². The molecule has 4 nitrogen and oxygen atoms in total. The molecule has 0 saturated heterocycles. The van der Waals surface area contributed by atoms with Crippen LogP contribution in [0.25, 0.3) is 11.1 Å². The number of hydrogen-bond donors (Lipinski definition) is 3. The van der Waals surface area contributed by atoms with Gasteiger partial charge in [-0.05, 0) is 39.8 Å². The SMILES string of the molecule is C[C@H](C(O)Cc1ccccc1)[C@H](NC1(c2ccccc2)c2ccccc2-c2ccccc21)C(=O)O. The third kappa shape index (κ3) is 4.05. The predicted molar refractivity (Wildman–Crippen MR) is 138 cm³/mol. The summed E-state index contributed by atoms with van der Waals surface area (Å²) in [5.74, 6) is -1.53. The fraction of sp³-hybridized carbons (Fsp3) is 0.194. The van der Waals surface area contributed by atoms with Crippen molar-refractivity contribution in [2.75, 3.05) is 0 Å². The smallest absolute Gasteiger partial charge is 0.321 e. The normalized spacial score (nSPS) is 16.1. The predicted octanol–water partition coefficient (Wildman–Crippen LogP) is 5.24. The number of hydrogen-bond acceptors (Lipinski definition) is 3. The van der Waals surface area contributed by atoms with Crippen molar-refractivity contribution in [2.24, 2.45) is 5.92 Å². The lowest BCUT2D eigenvalue weighted by Gasteiger charge is -2.39. The molecule has 0 amide bonds. The van der Waals surface area contributed by atoms with E-state index in [1.165, 1.54) is 0 Å². The van der Waals surface area contributed by atoms with E-state index in [0.29, 0.717) is 6.42 Å². The van der Waals surface area contributed by atoms with Gasteiger partial charge < -0.3 is 10.2 Å². The van der Waals surface area contributed by atoms with Gasteiger partial charge in [0.05, 0.1) is 11.6 Å². The summed E-state index contributed by atoms with van der Waals surface area (Å²) in [6.45, 7) is 1.81. The summed E-state index contributed by atoms with van der Waals surface area (Å²) in [6.07, 6.45) is -0.440. The van der Waals surface area contributed by atoms with E-state index in [9.17, 15) is 15.0 Å². The summed E-state index contributed by atoms with van der Waals surface area (Å²) in [5, 5.41) is 25.1. The highest BCUT2D eigenvalue weighted by molar-refractivity contribution is 5.84. The third-order valence-electron chi connectivity index (χ3n) is 7.22. The largest absolute Gasteiger partial charge is 0.480 e. The Labute approximate surface area is 205 Å². The van der Waals surface area contributed by atoms with Crippen molar-refractivity contribution in [2.45, 2.75) is 31.0 Å². The molecule has 4 heteroatoms. The zero-order valence-corrected chi connectivity index (χ0v) is 19.6. The van der Waals surface area contributed by atoms with E-state index in [4.69, 9.17) is 0 Å². The van der Waals surface area contributed by atoms with Crippen LogP contribution in [0.1, 0.15) is 29.2 Å². The van der Waals surface area contributed by atoms with Crippen molar-refractivity contribution in [3.8, 4) is 11.1 Å². The van der Waals surface area contributed by atoms with Crippen LogP contribution in [0.4, 0.5) is 0 Å². The van der Waals surface area contributed by atoms with Gasteiger partial charge in [-0.3, -0.25) is 10.1 Å². The van der Waals surface area contributed by atoms with Crippen LogP contribution in [0.15, 0.2) is 109 Å². The first-order valence-corrected chi connectivity index (χ1v) is 12.0. The number of nitrogens with one attached hydrogen (secondary N) is 1. The Morgan fingerprint density at radius 3 is 1.80 bits per heavy atom. The van der Waals surface area contributed by atoms with E-state index < -0.39 is 29.6 Å². The monoisotopic (exact) mass is 463 g/mol. The lowest BCUT2D eigenvalue weighted by Crippen LogP contribution is -2.56. The number of aliphatic hydroxyl groups is 1. The molecule has 35 heavy (non-hydrogen) atoms. The molecule has 0 heterocycles. The van der Waals surface area contributed by atoms with Gasteiger partial charge in [0.15, 0.2) is 0 Å². The number of aliphatic hydroxyl groups excluding tert-OH is 1. The van der Waals surface area contributed by atoms with Crippen molar-refractivity contribution in [3.63, 3.8) is 0 Å². The van der Waals surface area contributed by atoms with E-state index in [2.05, 4.69) is 29.6 Å². The summed E-state index contributed by atoms with van der Waals surface area (Å²) in [5.41, 5.74) is 5.28. The molecule has 0 fully saturated rings. The number of aliphatic carboxylic acids is 1. The average molecular weight is 464 g/mol. The van der Waals surface area contributed by atoms with Gasteiger partial charge in [-0.25, -0.2) is 0 Å². The molecule has 5 rings (SSSR count). The molecule has 176 valence electrons. The molecular formula is C31H29NO3. The maximum Gasteiger partial charge on any atom is 0.321 e. The molecule has 0 bridgehead atoms. The quantitative estimate of drug-likeness (QED) is 0.334. The highest BCUT2D eigenvalue weighted by atomic mass is 16.4. The van der Waals surface area contributed by atoms with Gasteiger partial charge in [0.25, 0.3) is 0 Å². The molecule has 1 unspecified atom stereocenters. The molecule has 1 aliphatic carbocycles. The molecule has 3 N–H and O–H groups in total. The van der Waals surface area contributed by atoms with Crippen LogP contribution in [-0.4, -0.2) is 28.3 Å². The van der Waals surface area contributed by atoms with Crippen LogP contribution in [-0.2, 0) is 16.8 Å². The van der Waals surface area contributed by atoms with Crippen LogP contribution in [0.5, 0.6) is 0 Å². The third-order valence-corrected chi connectivity index (χ3v) is 7.22. The fourth-order valence-electron chi connectivity index (χ4n) is 5.39. The molecule has 0 aromatic heterocycles. The number of fused-ring (bicyclic) bond motifs is 3. The second-order valence-corrected chi connectivity index (χ2v) is 9.28.